The molecule has 0 saturated heterocycles. The van der Waals surface area contributed by atoms with Crippen molar-refractivity contribution >= 4 is 23.1 Å². The zero-order chi connectivity index (χ0) is 11.4. The Morgan fingerprint density at radius 2 is 2.07 bits per heavy atom. The summed E-state index contributed by atoms with van der Waals surface area (Å²) >= 11 is 4.70. The predicted octanol–water partition coefficient (Wildman–Crippen LogP) is 1.60. The van der Waals surface area contributed by atoms with Crippen LogP contribution in [0.1, 0.15) is 39.5 Å². The van der Waals surface area contributed by atoms with Crippen molar-refractivity contribution in [2.45, 2.75) is 45.6 Å². The number of hydrogen-bond acceptors (Lipinski definition) is 2. The van der Waals surface area contributed by atoms with Gasteiger partial charge in [-0.15, -0.1) is 0 Å². The van der Waals surface area contributed by atoms with Gasteiger partial charge < -0.3 is 11.1 Å². The second-order valence-corrected chi connectivity index (χ2v) is 5.20. The van der Waals surface area contributed by atoms with Crippen molar-refractivity contribution in [3.63, 3.8) is 0 Å². The molecule has 0 bridgehead atoms. The molecule has 1 saturated carbocycles. The first-order chi connectivity index (χ1) is 6.99. The third-order valence-corrected chi connectivity index (χ3v) is 3.44. The fourth-order valence-corrected chi connectivity index (χ4v) is 2.25. The van der Waals surface area contributed by atoms with Gasteiger partial charge in [0.25, 0.3) is 0 Å². The molecular weight excluding hydrogens is 208 g/mol. The lowest BCUT2D eigenvalue weighted by Gasteiger charge is -2.32. The molecule has 1 aliphatic carbocycles. The Labute approximate surface area is 96.8 Å². The van der Waals surface area contributed by atoms with Crippen LogP contribution in [0, 0.1) is 11.8 Å². The molecule has 3 atom stereocenters. The molecule has 3 unspecified atom stereocenters. The summed E-state index contributed by atoms with van der Waals surface area (Å²) in [4.78, 5) is 11.7. The van der Waals surface area contributed by atoms with E-state index in [0.29, 0.717) is 12.0 Å². The predicted molar refractivity (Wildman–Crippen MR) is 65.5 cm³/mol. The molecule has 0 aliphatic heterocycles. The van der Waals surface area contributed by atoms with Crippen molar-refractivity contribution in [2.75, 3.05) is 0 Å². The molecule has 0 aromatic carbocycles. The maximum atomic E-state index is 11.4. The van der Waals surface area contributed by atoms with Gasteiger partial charge in [-0.1, -0.05) is 26.1 Å². The largest absolute Gasteiger partial charge is 0.393 e. The zero-order valence-electron chi connectivity index (χ0n) is 9.45. The van der Waals surface area contributed by atoms with E-state index in [1.54, 1.807) is 0 Å². The van der Waals surface area contributed by atoms with Gasteiger partial charge in [-0.05, 0) is 31.1 Å². The molecule has 4 heteroatoms. The summed E-state index contributed by atoms with van der Waals surface area (Å²) in [7, 11) is 0. The normalized spacial score (nSPS) is 30.9. The molecule has 1 amide bonds. The molecule has 0 aromatic heterocycles. The highest BCUT2D eigenvalue weighted by Crippen LogP contribution is 2.29. The first-order valence-corrected chi connectivity index (χ1v) is 5.97. The fourth-order valence-electron chi connectivity index (χ4n) is 2.12. The van der Waals surface area contributed by atoms with Crippen LogP contribution in [0.3, 0.4) is 0 Å². The Hall–Kier alpha value is -0.640. The van der Waals surface area contributed by atoms with E-state index in [1.165, 1.54) is 6.42 Å². The first kappa shape index (κ1) is 12.4. The smallest absolute Gasteiger partial charge is 0.227 e. The van der Waals surface area contributed by atoms with Crippen molar-refractivity contribution in [2.24, 2.45) is 17.6 Å². The summed E-state index contributed by atoms with van der Waals surface area (Å²) in [5, 5.41) is 2.99. The molecule has 1 aliphatic rings. The van der Waals surface area contributed by atoms with E-state index in [4.69, 9.17) is 18.0 Å². The van der Waals surface area contributed by atoms with E-state index in [-0.39, 0.29) is 17.3 Å². The average molecular weight is 228 g/mol. The van der Waals surface area contributed by atoms with Crippen molar-refractivity contribution in [3.8, 4) is 0 Å². The van der Waals surface area contributed by atoms with E-state index in [9.17, 15) is 4.79 Å². The number of carbonyl (C=O) groups excluding carboxylic acids is 1. The average Bonchev–Trinajstić information content (AvgIpc) is 2.10. The molecule has 1 rings (SSSR count). The topological polar surface area (TPSA) is 55.1 Å². The summed E-state index contributed by atoms with van der Waals surface area (Å²) < 4.78 is 0. The Kier molecular flexibility index (Phi) is 4.51. The summed E-state index contributed by atoms with van der Waals surface area (Å²) in [5.74, 6) is 1.43. The Balaban J connectivity index is 2.33. The molecule has 86 valence electrons. The molecule has 0 radical (unpaired) electrons. The van der Waals surface area contributed by atoms with E-state index in [0.717, 1.165) is 18.8 Å². The second kappa shape index (κ2) is 5.45. The maximum Gasteiger partial charge on any atom is 0.227 e. The summed E-state index contributed by atoms with van der Waals surface area (Å²) in [6.07, 6.45) is 3.52. The molecule has 1 fully saturated rings. The van der Waals surface area contributed by atoms with Crippen LogP contribution in [-0.4, -0.2) is 16.9 Å². The van der Waals surface area contributed by atoms with E-state index >= 15 is 0 Å². The lowest BCUT2D eigenvalue weighted by Crippen LogP contribution is -2.40. The highest BCUT2D eigenvalue weighted by molar-refractivity contribution is 7.80. The van der Waals surface area contributed by atoms with Gasteiger partial charge in [0.15, 0.2) is 0 Å². The molecule has 0 spiro atoms. The van der Waals surface area contributed by atoms with Crippen molar-refractivity contribution < 1.29 is 4.79 Å². The van der Waals surface area contributed by atoms with Crippen LogP contribution in [-0.2, 0) is 4.79 Å². The zero-order valence-corrected chi connectivity index (χ0v) is 10.3. The third kappa shape index (κ3) is 4.16. The van der Waals surface area contributed by atoms with E-state index < -0.39 is 0 Å². The lowest BCUT2D eigenvalue weighted by atomic mass is 9.79. The quantitative estimate of drug-likeness (QED) is 0.721. The van der Waals surface area contributed by atoms with Crippen LogP contribution in [0.15, 0.2) is 0 Å². The highest BCUT2D eigenvalue weighted by Gasteiger charge is 2.25. The lowest BCUT2D eigenvalue weighted by molar-refractivity contribution is -0.120. The van der Waals surface area contributed by atoms with Gasteiger partial charge in [-0.3, -0.25) is 4.79 Å². The minimum absolute atomic E-state index is 0.0331. The number of rotatable bonds is 3. The Morgan fingerprint density at radius 3 is 2.60 bits per heavy atom. The van der Waals surface area contributed by atoms with Crippen LogP contribution in [0.5, 0.6) is 0 Å². The van der Waals surface area contributed by atoms with Gasteiger partial charge in [0, 0.05) is 6.04 Å². The highest BCUT2D eigenvalue weighted by atomic mass is 32.1. The van der Waals surface area contributed by atoms with Crippen molar-refractivity contribution in [1.29, 1.82) is 0 Å². The van der Waals surface area contributed by atoms with Crippen molar-refractivity contribution in [3.05, 3.63) is 0 Å². The van der Waals surface area contributed by atoms with E-state index in [1.807, 2.05) is 0 Å². The second-order valence-electron chi connectivity index (χ2n) is 4.68. The summed E-state index contributed by atoms with van der Waals surface area (Å²) in [5.41, 5.74) is 5.32. The van der Waals surface area contributed by atoms with Gasteiger partial charge in [0.05, 0.1) is 11.4 Å². The summed E-state index contributed by atoms with van der Waals surface area (Å²) in [6.45, 7) is 4.52. The standard InChI is InChI=1S/C11H20N2OS/c1-7-3-4-9(5-8(7)2)13-11(14)6-10(12)15/h7-9H,3-6H2,1-2H3,(H2,12,15)(H,13,14). The van der Waals surface area contributed by atoms with Gasteiger partial charge in [-0.2, -0.15) is 0 Å². The summed E-state index contributed by atoms with van der Waals surface area (Å²) in [6, 6.07) is 0.318. The molecule has 3 N–H and O–H groups in total. The minimum atomic E-state index is -0.0331. The molecule has 15 heavy (non-hydrogen) atoms. The number of amides is 1. The van der Waals surface area contributed by atoms with Gasteiger partial charge in [0.2, 0.25) is 5.91 Å². The molecule has 3 nitrogen and oxygen atoms in total. The number of nitrogens with one attached hydrogen (secondary N) is 1. The van der Waals surface area contributed by atoms with Gasteiger partial charge in [-0.25, -0.2) is 0 Å². The molecular formula is C11H20N2OS. The molecule has 0 heterocycles. The van der Waals surface area contributed by atoms with Crippen LogP contribution < -0.4 is 11.1 Å². The minimum Gasteiger partial charge on any atom is -0.393 e. The maximum absolute atomic E-state index is 11.4. The fraction of sp³-hybridized carbons (Fsp3) is 0.818. The van der Waals surface area contributed by atoms with Crippen LogP contribution in [0.4, 0.5) is 0 Å². The van der Waals surface area contributed by atoms with Crippen molar-refractivity contribution in [1.82, 2.24) is 5.32 Å². The van der Waals surface area contributed by atoms with Crippen LogP contribution >= 0.6 is 12.2 Å². The van der Waals surface area contributed by atoms with E-state index in [2.05, 4.69) is 19.2 Å². The molecule has 0 aromatic rings. The Bertz CT molecular complexity index is 255. The van der Waals surface area contributed by atoms with Crippen LogP contribution in [0.25, 0.3) is 0 Å². The number of thiocarbonyl (C=S) groups is 1. The number of nitrogens with two attached hydrogens (primary N) is 1. The number of hydrogen-bond donors (Lipinski definition) is 2. The van der Waals surface area contributed by atoms with Gasteiger partial charge in [0.1, 0.15) is 0 Å². The Morgan fingerprint density at radius 1 is 1.40 bits per heavy atom. The van der Waals surface area contributed by atoms with Gasteiger partial charge >= 0.3 is 0 Å². The SMILES string of the molecule is CC1CCC(NC(=O)CC(N)=S)CC1C. The first-order valence-electron chi connectivity index (χ1n) is 5.56. The van der Waals surface area contributed by atoms with Crippen LogP contribution in [0.2, 0.25) is 0 Å². The monoisotopic (exact) mass is 228 g/mol. The number of carbonyl (C=O) groups is 1. The third-order valence-electron chi connectivity index (χ3n) is 3.30.